The van der Waals surface area contributed by atoms with Crippen LogP contribution < -0.4 is 19.5 Å². The molecule has 0 atom stereocenters. The Bertz CT molecular complexity index is 1070. The summed E-state index contributed by atoms with van der Waals surface area (Å²) in [4.78, 5) is 30.6. The smallest absolute Gasteiger partial charge is 0.254 e. The quantitative estimate of drug-likeness (QED) is 0.507. The van der Waals surface area contributed by atoms with Crippen LogP contribution in [0.4, 0.5) is 5.69 Å². The van der Waals surface area contributed by atoms with E-state index in [9.17, 15) is 9.59 Å². The van der Waals surface area contributed by atoms with Crippen molar-refractivity contribution in [2.24, 2.45) is 0 Å². The van der Waals surface area contributed by atoms with E-state index in [1.54, 1.807) is 69.0 Å². The van der Waals surface area contributed by atoms with E-state index >= 15 is 0 Å². The zero-order valence-corrected chi connectivity index (χ0v) is 18.9. The maximum absolute atomic E-state index is 12.9. The van der Waals surface area contributed by atoms with Crippen molar-refractivity contribution in [3.05, 3.63) is 78.1 Å². The molecular formula is C25H27N3O5. The number of likely N-dealkylation sites (N-methyl/N-ethyl adjacent to an activating group) is 1. The van der Waals surface area contributed by atoms with Crippen LogP contribution in [0.5, 0.6) is 17.2 Å². The first-order valence-corrected chi connectivity index (χ1v) is 10.5. The molecule has 0 bridgehead atoms. The molecule has 3 aromatic rings. The standard InChI is InChI=1S/C25H27N3O5/c1-4-32-23-15-19(5-10-22(23)33-17-18-11-13-26-14-12-18)25(30)28(2)16-24(29)27-20-6-8-21(31-3)9-7-20/h5-15H,4,16-17H2,1-3H3,(H,27,29). The van der Waals surface area contributed by atoms with Gasteiger partial charge in [0.25, 0.3) is 5.91 Å². The van der Waals surface area contributed by atoms with Crippen molar-refractivity contribution in [3.63, 3.8) is 0 Å². The van der Waals surface area contributed by atoms with Crippen molar-refractivity contribution >= 4 is 17.5 Å². The number of amides is 2. The number of benzene rings is 2. The highest BCUT2D eigenvalue weighted by Gasteiger charge is 2.18. The Morgan fingerprint density at radius 1 is 0.970 bits per heavy atom. The second-order valence-corrected chi connectivity index (χ2v) is 7.18. The molecule has 0 aliphatic heterocycles. The van der Waals surface area contributed by atoms with Gasteiger partial charge in [-0.25, -0.2) is 0 Å². The number of pyridine rings is 1. The van der Waals surface area contributed by atoms with Crippen LogP contribution in [0.3, 0.4) is 0 Å². The maximum Gasteiger partial charge on any atom is 0.254 e. The Morgan fingerprint density at radius 3 is 2.36 bits per heavy atom. The third-order valence-corrected chi connectivity index (χ3v) is 4.74. The van der Waals surface area contributed by atoms with Crippen LogP contribution in [0, 0.1) is 0 Å². The van der Waals surface area contributed by atoms with E-state index < -0.39 is 0 Å². The van der Waals surface area contributed by atoms with Gasteiger partial charge in [0.05, 0.1) is 20.3 Å². The van der Waals surface area contributed by atoms with Crippen molar-refractivity contribution in [2.75, 3.05) is 32.6 Å². The fourth-order valence-corrected chi connectivity index (χ4v) is 3.05. The Morgan fingerprint density at radius 2 is 1.70 bits per heavy atom. The molecule has 0 aliphatic carbocycles. The summed E-state index contributed by atoms with van der Waals surface area (Å²) in [5.74, 6) is 1.08. The predicted molar refractivity (Wildman–Crippen MR) is 125 cm³/mol. The average molecular weight is 450 g/mol. The van der Waals surface area contributed by atoms with Gasteiger partial charge in [-0.3, -0.25) is 14.6 Å². The Balaban J connectivity index is 1.63. The minimum atomic E-state index is -0.307. The SMILES string of the molecule is CCOc1cc(C(=O)N(C)CC(=O)Nc2ccc(OC)cc2)ccc1OCc1ccncc1. The number of rotatable bonds is 10. The van der Waals surface area contributed by atoms with Crippen molar-refractivity contribution in [1.29, 1.82) is 0 Å². The van der Waals surface area contributed by atoms with Crippen LogP contribution in [0.1, 0.15) is 22.8 Å². The summed E-state index contributed by atoms with van der Waals surface area (Å²) in [6, 6.07) is 15.7. The topological polar surface area (TPSA) is 90.0 Å². The second-order valence-electron chi connectivity index (χ2n) is 7.18. The highest BCUT2D eigenvalue weighted by Crippen LogP contribution is 2.29. The molecule has 0 spiro atoms. The lowest BCUT2D eigenvalue weighted by molar-refractivity contribution is -0.116. The third kappa shape index (κ3) is 6.70. The van der Waals surface area contributed by atoms with Gasteiger partial charge in [0.15, 0.2) is 11.5 Å². The number of carbonyl (C=O) groups excluding carboxylic acids is 2. The first-order chi connectivity index (χ1) is 16.0. The highest BCUT2D eigenvalue weighted by molar-refractivity contribution is 5.99. The van der Waals surface area contributed by atoms with Gasteiger partial charge >= 0.3 is 0 Å². The fourth-order valence-electron chi connectivity index (χ4n) is 3.05. The summed E-state index contributed by atoms with van der Waals surface area (Å²) in [5.41, 5.74) is 1.99. The molecule has 2 amide bonds. The zero-order valence-electron chi connectivity index (χ0n) is 18.9. The minimum Gasteiger partial charge on any atom is -0.497 e. The van der Waals surface area contributed by atoms with E-state index in [4.69, 9.17) is 14.2 Å². The number of nitrogens with one attached hydrogen (secondary N) is 1. The molecule has 0 aliphatic rings. The number of methoxy groups -OCH3 is 1. The van der Waals surface area contributed by atoms with Gasteiger partial charge in [0.1, 0.15) is 12.4 Å². The average Bonchev–Trinajstić information content (AvgIpc) is 2.84. The van der Waals surface area contributed by atoms with Crippen LogP contribution in [0.2, 0.25) is 0 Å². The van der Waals surface area contributed by atoms with E-state index in [2.05, 4.69) is 10.3 Å². The van der Waals surface area contributed by atoms with Crippen molar-refractivity contribution in [1.82, 2.24) is 9.88 Å². The number of carbonyl (C=O) groups is 2. The molecule has 2 aromatic carbocycles. The first kappa shape index (κ1) is 23.6. The maximum atomic E-state index is 12.9. The molecule has 8 heteroatoms. The molecule has 1 heterocycles. The zero-order chi connectivity index (χ0) is 23.6. The molecular weight excluding hydrogens is 422 g/mol. The minimum absolute atomic E-state index is 0.102. The lowest BCUT2D eigenvalue weighted by atomic mass is 10.1. The molecule has 3 rings (SSSR count). The van der Waals surface area contributed by atoms with E-state index in [-0.39, 0.29) is 18.4 Å². The number of nitrogens with zero attached hydrogens (tertiary/aromatic N) is 2. The molecule has 0 unspecified atom stereocenters. The second kappa shape index (κ2) is 11.5. The summed E-state index contributed by atoms with van der Waals surface area (Å²) in [5, 5.41) is 2.77. The number of ether oxygens (including phenoxy) is 3. The summed E-state index contributed by atoms with van der Waals surface area (Å²) >= 11 is 0. The molecule has 0 fully saturated rings. The van der Waals surface area contributed by atoms with Gasteiger partial charge in [-0.2, -0.15) is 0 Å². The van der Waals surface area contributed by atoms with Crippen LogP contribution in [0.25, 0.3) is 0 Å². The number of hydrogen-bond acceptors (Lipinski definition) is 6. The van der Waals surface area contributed by atoms with Crippen molar-refractivity contribution in [2.45, 2.75) is 13.5 Å². The number of aromatic nitrogens is 1. The largest absolute Gasteiger partial charge is 0.497 e. The molecule has 0 saturated carbocycles. The molecule has 8 nitrogen and oxygen atoms in total. The van der Waals surface area contributed by atoms with Crippen molar-refractivity contribution in [3.8, 4) is 17.2 Å². The lowest BCUT2D eigenvalue weighted by Crippen LogP contribution is -2.34. The molecule has 33 heavy (non-hydrogen) atoms. The van der Waals surface area contributed by atoms with E-state index in [1.165, 1.54) is 4.90 Å². The summed E-state index contributed by atoms with van der Waals surface area (Å²) < 4.78 is 16.7. The molecule has 0 radical (unpaired) electrons. The van der Waals surface area contributed by atoms with Crippen LogP contribution in [-0.4, -0.2) is 49.0 Å². The Kier molecular flexibility index (Phi) is 8.24. The Labute approximate surface area is 193 Å². The van der Waals surface area contributed by atoms with Gasteiger partial charge in [-0.1, -0.05) is 0 Å². The van der Waals surface area contributed by atoms with Gasteiger partial charge in [-0.15, -0.1) is 0 Å². The lowest BCUT2D eigenvalue weighted by Gasteiger charge is -2.18. The predicted octanol–water partition coefficient (Wildman–Crippen LogP) is 3.78. The summed E-state index contributed by atoms with van der Waals surface area (Å²) in [6.45, 7) is 2.52. The van der Waals surface area contributed by atoms with Gasteiger partial charge in [0, 0.05) is 30.7 Å². The van der Waals surface area contributed by atoms with E-state index in [1.807, 2.05) is 19.1 Å². The monoisotopic (exact) mass is 449 g/mol. The number of anilines is 1. The van der Waals surface area contributed by atoms with Gasteiger partial charge in [0.2, 0.25) is 5.91 Å². The Hall–Kier alpha value is -4.07. The number of hydrogen-bond donors (Lipinski definition) is 1. The van der Waals surface area contributed by atoms with E-state index in [0.29, 0.717) is 41.7 Å². The fraction of sp³-hybridized carbons (Fsp3) is 0.240. The summed E-state index contributed by atoms with van der Waals surface area (Å²) in [7, 11) is 3.15. The highest BCUT2D eigenvalue weighted by atomic mass is 16.5. The first-order valence-electron chi connectivity index (χ1n) is 10.5. The van der Waals surface area contributed by atoms with Crippen LogP contribution in [0.15, 0.2) is 67.0 Å². The van der Waals surface area contributed by atoms with Crippen LogP contribution in [-0.2, 0) is 11.4 Å². The molecule has 1 aromatic heterocycles. The summed E-state index contributed by atoms with van der Waals surface area (Å²) in [6.07, 6.45) is 3.40. The molecule has 1 N–H and O–H groups in total. The van der Waals surface area contributed by atoms with Gasteiger partial charge < -0.3 is 24.4 Å². The third-order valence-electron chi connectivity index (χ3n) is 4.74. The van der Waals surface area contributed by atoms with E-state index in [0.717, 1.165) is 5.56 Å². The molecule has 172 valence electrons. The normalized spacial score (nSPS) is 10.3. The van der Waals surface area contributed by atoms with Gasteiger partial charge in [-0.05, 0) is 67.1 Å². The molecule has 0 saturated heterocycles. The van der Waals surface area contributed by atoms with Crippen molar-refractivity contribution < 1.29 is 23.8 Å². The van der Waals surface area contributed by atoms with Crippen LogP contribution >= 0.6 is 0 Å².